The Morgan fingerprint density at radius 1 is 1.40 bits per heavy atom. The molecule has 2 aromatic heterocycles. The van der Waals surface area contributed by atoms with Crippen LogP contribution in [0, 0.1) is 6.92 Å². The largest absolute Gasteiger partial charge is 0.469 e. The zero-order valence-electron chi connectivity index (χ0n) is 12.1. The molecule has 3 rings (SSSR count). The van der Waals surface area contributed by atoms with Gasteiger partial charge in [0.05, 0.1) is 12.0 Å². The van der Waals surface area contributed by atoms with Gasteiger partial charge in [-0.3, -0.25) is 4.98 Å². The minimum Gasteiger partial charge on any atom is -0.469 e. The average molecular weight is 271 g/mol. The topological polar surface area (TPSA) is 41.3 Å². The van der Waals surface area contributed by atoms with E-state index in [2.05, 4.69) is 34.4 Å². The second-order valence-corrected chi connectivity index (χ2v) is 5.52. The maximum absolute atomic E-state index is 5.35. The molecule has 1 aliphatic carbocycles. The molecular formula is C16H21N3O. The van der Waals surface area contributed by atoms with Crippen LogP contribution in [-0.2, 0) is 13.1 Å². The van der Waals surface area contributed by atoms with Crippen LogP contribution in [0.2, 0.25) is 0 Å². The molecule has 0 saturated heterocycles. The lowest BCUT2D eigenvalue weighted by molar-refractivity contribution is 0.529. The van der Waals surface area contributed by atoms with Gasteiger partial charge in [0.2, 0.25) is 0 Å². The number of anilines is 1. The van der Waals surface area contributed by atoms with Crippen LogP contribution in [0.5, 0.6) is 0 Å². The minimum absolute atomic E-state index is 0.715. The van der Waals surface area contributed by atoms with Crippen molar-refractivity contribution >= 4 is 5.69 Å². The average Bonchev–Trinajstić information content (AvgIpc) is 3.21. The van der Waals surface area contributed by atoms with Gasteiger partial charge in [-0.25, -0.2) is 0 Å². The van der Waals surface area contributed by atoms with E-state index in [0.717, 1.165) is 24.5 Å². The lowest BCUT2D eigenvalue weighted by Gasteiger charge is -2.19. The molecule has 0 spiro atoms. The molecule has 4 nitrogen and oxygen atoms in total. The number of nitrogens with zero attached hydrogens (tertiary/aromatic N) is 2. The van der Waals surface area contributed by atoms with Gasteiger partial charge in [0.15, 0.2) is 0 Å². The molecule has 0 unspecified atom stereocenters. The number of nitrogens with one attached hydrogen (secondary N) is 1. The SMILES string of the molecule is Cc1occc1CN(C)c1ccnc(CNC2CC2)c1. The standard InChI is InChI=1S/C16H21N3O/c1-12-13(6-8-20-12)11-19(2)16-5-7-17-15(9-16)10-18-14-3-4-14/h5-9,14,18H,3-4,10-11H2,1-2H3. The first-order valence-corrected chi connectivity index (χ1v) is 7.15. The summed E-state index contributed by atoms with van der Waals surface area (Å²) in [5.41, 5.74) is 3.51. The molecule has 1 saturated carbocycles. The Morgan fingerprint density at radius 2 is 2.25 bits per heavy atom. The van der Waals surface area contributed by atoms with E-state index in [4.69, 9.17) is 4.42 Å². The maximum atomic E-state index is 5.35. The fourth-order valence-electron chi connectivity index (χ4n) is 2.26. The molecule has 0 aromatic carbocycles. The molecule has 20 heavy (non-hydrogen) atoms. The fraction of sp³-hybridized carbons (Fsp3) is 0.438. The number of aromatic nitrogens is 1. The Bertz CT molecular complexity index is 575. The van der Waals surface area contributed by atoms with Crippen molar-refractivity contribution in [1.29, 1.82) is 0 Å². The Hall–Kier alpha value is -1.81. The van der Waals surface area contributed by atoms with E-state index in [0.29, 0.717) is 6.04 Å². The van der Waals surface area contributed by atoms with Crippen LogP contribution < -0.4 is 10.2 Å². The first-order valence-electron chi connectivity index (χ1n) is 7.15. The third-order valence-corrected chi connectivity index (χ3v) is 3.76. The van der Waals surface area contributed by atoms with Crippen molar-refractivity contribution in [3.05, 3.63) is 47.7 Å². The number of hydrogen-bond donors (Lipinski definition) is 1. The van der Waals surface area contributed by atoms with Crippen LogP contribution >= 0.6 is 0 Å². The lowest BCUT2D eigenvalue weighted by Crippen LogP contribution is -2.19. The van der Waals surface area contributed by atoms with Crippen LogP contribution in [0.3, 0.4) is 0 Å². The summed E-state index contributed by atoms with van der Waals surface area (Å²) < 4.78 is 5.35. The zero-order chi connectivity index (χ0) is 13.9. The summed E-state index contributed by atoms with van der Waals surface area (Å²) in [5, 5.41) is 3.50. The molecule has 0 bridgehead atoms. The number of pyridine rings is 1. The summed E-state index contributed by atoms with van der Waals surface area (Å²) in [4.78, 5) is 6.65. The molecule has 0 aliphatic heterocycles. The van der Waals surface area contributed by atoms with E-state index in [9.17, 15) is 0 Å². The van der Waals surface area contributed by atoms with Gasteiger partial charge in [0.25, 0.3) is 0 Å². The van der Waals surface area contributed by atoms with E-state index in [1.807, 2.05) is 19.2 Å². The van der Waals surface area contributed by atoms with Gasteiger partial charge in [0, 0.05) is 43.6 Å². The van der Waals surface area contributed by atoms with E-state index in [1.54, 1.807) is 6.26 Å². The van der Waals surface area contributed by atoms with Crippen molar-refractivity contribution < 1.29 is 4.42 Å². The normalized spacial score (nSPS) is 14.5. The number of hydrogen-bond acceptors (Lipinski definition) is 4. The molecule has 1 fully saturated rings. The Morgan fingerprint density at radius 3 is 2.95 bits per heavy atom. The van der Waals surface area contributed by atoms with Crippen molar-refractivity contribution in [2.75, 3.05) is 11.9 Å². The van der Waals surface area contributed by atoms with Gasteiger partial charge >= 0.3 is 0 Å². The molecule has 2 aromatic rings. The first-order chi connectivity index (χ1) is 9.72. The van der Waals surface area contributed by atoms with Crippen molar-refractivity contribution in [2.24, 2.45) is 0 Å². The van der Waals surface area contributed by atoms with E-state index in [1.165, 1.54) is 24.1 Å². The van der Waals surface area contributed by atoms with Gasteiger partial charge in [-0.15, -0.1) is 0 Å². The summed E-state index contributed by atoms with van der Waals surface area (Å²) in [5.74, 6) is 0.988. The van der Waals surface area contributed by atoms with Gasteiger partial charge in [-0.2, -0.15) is 0 Å². The number of rotatable bonds is 6. The highest BCUT2D eigenvalue weighted by Gasteiger charge is 2.20. The van der Waals surface area contributed by atoms with Crippen molar-refractivity contribution in [3.63, 3.8) is 0 Å². The molecule has 0 amide bonds. The monoisotopic (exact) mass is 271 g/mol. The predicted octanol–water partition coefficient (Wildman–Crippen LogP) is 2.87. The third-order valence-electron chi connectivity index (χ3n) is 3.76. The van der Waals surface area contributed by atoms with E-state index >= 15 is 0 Å². The van der Waals surface area contributed by atoms with Gasteiger partial charge in [0.1, 0.15) is 5.76 Å². The molecule has 106 valence electrons. The van der Waals surface area contributed by atoms with E-state index < -0.39 is 0 Å². The minimum atomic E-state index is 0.715. The quantitative estimate of drug-likeness (QED) is 0.877. The van der Waals surface area contributed by atoms with E-state index in [-0.39, 0.29) is 0 Å². The molecule has 1 N–H and O–H groups in total. The second-order valence-electron chi connectivity index (χ2n) is 5.52. The highest BCUT2D eigenvalue weighted by atomic mass is 16.3. The van der Waals surface area contributed by atoms with Crippen molar-refractivity contribution in [3.8, 4) is 0 Å². The summed E-state index contributed by atoms with van der Waals surface area (Å²) >= 11 is 0. The Kier molecular flexibility index (Phi) is 3.74. The number of aryl methyl sites for hydroxylation is 1. The summed E-state index contributed by atoms with van der Waals surface area (Å²) in [6.45, 7) is 3.71. The van der Waals surface area contributed by atoms with Crippen molar-refractivity contribution in [2.45, 2.75) is 38.9 Å². The highest BCUT2D eigenvalue weighted by Crippen LogP contribution is 2.21. The molecule has 2 heterocycles. The smallest absolute Gasteiger partial charge is 0.105 e. The molecular weight excluding hydrogens is 250 g/mol. The van der Waals surface area contributed by atoms with Crippen molar-refractivity contribution in [1.82, 2.24) is 10.3 Å². The highest BCUT2D eigenvalue weighted by molar-refractivity contribution is 5.46. The predicted molar refractivity (Wildman–Crippen MR) is 79.7 cm³/mol. The maximum Gasteiger partial charge on any atom is 0.105 e. The zero-order valence-corrected chi connectivity index (χ0v) is 12.1. The van der Waals surface area contributed by atoms with Crippen LogP contribution in [0.25, 0.3) is 0 Å². The van der Waals surface area contributed by atoms with Gasteiger partial charge in [-0.1, -0.05) is 0 Å². The first kappa shape index (κ1) is 13.2. The van der Waals surface area contributed by atoms with Gasteiger partial charge < -0.3 is 14.6 Å². The third kappa shape index (κ3) is 3.20. The summed E-state index contributed by atoms with van der Waals surface area (Å²) in [6.07, 6.45) is 6.24. The summed E-state index contributed by atoms with van der Waals surface area (Å²) in [7, 11) is 2.10. The van der Waals surface area contributed by atoms with Crippen LogP contribution in [0.15, 0.2) is 35.1 Å². The Balaban J connectivity index is 1.65. The van der Waals surface area contributed by atoms with Crippen LogP contribution in [-0.4, -0.2) is 18.1 Å². The lowest BCUT2D eigenvalue weighted by atomic mass is 10.2. The fourth-order valence-corrected chi connectivity index (χ4v) is 2.26. The number of furan rings is 1. The van der Waals surface area contributed by atoms with Gasteiger partial charge in [-0.05, 0) is 38.0 Å². The van der Waals surface area contributed by atoms with Crippen LogP contribution in [0.1, 0.15) is 29.9 Å². The van der Waals surface area contributed by atoms with Crippen LogP contribution in [0.4, 0.5) is 5.69 Å². The molecule has 0 radical (unpaired) electrons. The molecule has 1 aliphatic rings. The molecule has 0 atom stereocenters. The second kappa shape index (κ2) is 5.67. The molecule has 4 heteroatoms. The Labute approximate surface area is 119 Å². The summed E-state index contributed by atoms with van der Waals surface area (Å²) in [6, 6.07) is 6.95.